The lowest BCUT2D eigenvalue weighted by Crippen LogP contribution is -2.21. The summed E-state index contributed by atoms with van der Waals surface area (Å²) in [6, 6.07) is 77.2. The molecule has 0 atom stereocenters. The molecule has 0 fully saturated rings. The number of nitrogens with zero attached hydrogens (tertiary/aromatic N) is 12. The summed E-state index contributed by atoms with van der Waals surface area (Å²) in [5.41, 5.74) is 32.3. The molecule has 0 aliphatic carbocycles. The highest BCUT2D eigenvalue weighted by Gasteiger charge is 2.19. The van der Waals surface area contributed by atoms with Crippen molar-refractivity contribution in [3.8, 4) is 40.1 Å². The van der Waals surface area contributed by atoms with Gasteiger partial charge in [-0.3, -0.25) is 40.2 Å². The van der Waals surface area contributed by atoms with E-state index in [2.05, 4.69) is 77.2 Å². The SMILES string of the molecule is CC#N.CC#N.CCN(CC)CC.Cc1ccc(OCc2ccccc2)c(CN)n1.Cc1ccc(OCc2ccccc2)c(Cn2c(N)nc3ccc(CO)cc32)n1.N#CBr.Nc1ccc(CO)cc1NCc1ncccc1OCc1ccccc1.O=[N+]([O-])c1ccc(CO)cc1F.O=[N+]([O-])c1ccc(CO)cc1NCc1ncccc1OCc1ccccc1. The second-order valence-electron chi connectivity index (χ2n) is 26.4. The maximum absolute atomic E-state index is 12.7. The van der Waals surface area contributed by atoms with Crippen LogP contribution >= 0.6 is 15.9 Å². The summed E-state index contributed by atoms with van der Waals surface area (Å²) in [4.78, 5) is 46.2. The smallest absolute Gasteiger partial charge is 0.304 e. The molecular weight excluding hydrogens is 1660 g/mol. The number of rotatable bonds is 30. The first-order valence-corrected chi connectivity index (χ1v) is 40.2. The van der Waals surface area contributed by atoms with Gasteiger partial charge in [0.05, 0.1) is 96.1 Å². The van der Waals surface area contributed by atoms with E-state index in [-0.39, 0.29) is 38.7 Å². The van der Waals surface area contributed by atoms with Crippen molar-refractivity contribution in [2.24, 2.45) is 5.73 Å². The van der Waals surface area contributed by atoms with Gasteiger partial charge in [0.25, 0.3) is 5.69 Å². The summed E-state index contributed by atoms with van der Waals surface area (Å²) >= 11 is 2.45. The highest BCUT2D eigenvalue weighted by atomic mass is 79.9. The molecule has 0 amide bonds. The van der Waals surface area contributed by atoms with Crippen LogP contribution in [-0.2, 0) is 79.0 Å². The van der Waals surface area contributed by atoms with Gasteiger partial charge in [-0.2, -0.15) is 20.2 Å². The Morgan fingerprint density at radius 1 is 0.472 bits per heavy atom. The van der Waals surface area contributed by atoms with E-state index in [0.717, 1.165) is 102 Å². The quantitative estimate of drug-likeness (QED) is 0.0115. The minimum Gasteiger partial charge on any atom is -0.487 e. The molecule has 0 radical (unpaired) electrons. The normalized spacial score (nSPS) is 9.92. The van der Waals surface area contributed by atoms with E-state index >= 15 is 0 Å². The molecule has 0 unspecified atom stereocenters. The molecule has 31 heteroatoms. The van der Waals surface area contributed by atoms with Crippen LogP contribution in [-0.4, -0.2) is 84.3 Å². The Kier molecular flexibility index (Phi) is 46.8. The fourth-order valence-electron chi connectivity index (χ4n) is 11.3. The van der Waals surface area contributed by atoms with E-state index in [1.54, 1.807) is 53.8 Å². The number of aliphatic hydroxyl groups is 4. The molecule has 5 aromatic heterocycles. The van der Waals surface area contributed by atoms with Gasteiger partial charge in [-0.05, 0) is 175 Å². The van der Waals surface area contributed by atoms with Crippen molar-refractivity contribution < 1.29 is 53.6 Å². The molecule has 5 heterocycles. The Labute approximate surface area is 735 Å². The van der Waals surface area contributed by atoms with E-state index in [4.69, 9.17) is 57.0 Å². The van der Waals surface area contributed by atoms with E-state index in [1.807, 2.05) is 206 Å². The number of aromatic nitrogens is 6. The highest BCUT2D eigenvalue weighted by Crippen LogP contribution is 2.30. The molecule has 13 aromatic rings. The van der Waals surface area contributed by atoms with Crippen LogP contribution in [0.5, 0.6) is 23.0 Å². The van der Waals surface area contributed by atoms with Gasteiger partial charge in [-0.15, -0.1) is 0 Å². The molecule has 12 N–H and O–H groups in total. The zero-order valence-electron chi connectivity index (χ0n) is 70.8. The average Bonchev–Trinajstić information content (AvgIpc) is 1.64. The Morgan fingerprint density at radius 2 is 0.832 bits per heavy atom. The second-order valence-corrected chi connectivity index (χ2v) is 26.8. The third kappa shape index (κ3) is 36.1. The topological polar surface area (TPSA) is 450 Å². The Balaban J connectivity index is 0.000000271. The molecule has 125 heavy (non-hydrogen) atoms. The number of halogens is 2. The van der Waals surface area contributed by atoms with Crippen molar-refractivity contribution in [3.05, 3.63) is 360 Å². The van der Waals surface area contributed by atoms with Crippen molar-refractivity contribution in [2.75, 3.05) is 41.7 Å². The number of nitro benzene ring substituents is 2. The fourth-order valence-corrected chi connectivity index (χ4v) is 11.3. The fraction of sp³-hybridized carbons (Fsp3) is 0.234. The number of aliphatic hydroxyl groups excluding tert-OH is 4. The largest absolute Gasteiger partial charge is 0.487 e. The van der Waals surface area contributed by atoms with Crippen LogP contribution in [0.2, 0.25) is 0 Å². The van der Waals surface area contributed by atoms with E-state index in [1.165, 1.54) is 51.7 Å². The highest BCUT2D eigenvalue weighted by molar-refractivity contribution is 9.12. The number of nitrogens with one attached hydrogen (secondary N) is 2. The number of nitriles is 3. The van der Waals surface area contributed by atoms with Crippen LogP contribution in [0.25, 0.3) is 11.0 Å². The first kappa shape index (κ1) is 101. The van der Waals surface area contributed by atoms with E-state index < -0.39 is 21.4 Å². The van der Waals surface area contributed by atoms with Crippen LogP contribution in [0.4, 0.5) is 38.8 Å². The summed E-state index contributed by atoms with van der Waals surface area (Å²) in [7, 11) is 0. The third-order valence-electron chi connectivity index (χ3n) is 17.7. The molecule has 0 bridgehead atoms. The van der Waals surface area contributed by atoms with Crippen LogP contribution in [0, 0.1) is 72.8 Å². The number of nitro groups is 2. The van der Waals surface area contributed by atoms with Crippen molar-refractivity contribution >= 4 is 61.3 Å². The molecule has 652 valence electrons. The lowest BCUT2D eigenvalue weighted by molar-refractivity contribution is -0.387. The predicted octanol–water partition coefficient (Wildman–Crippen LogP) is 17.4. The summed E-state index contributed by atoms with van der Waals surface area (Å²) in [5.74, 6) is 2.30. The zero-order chi connectivity index (χ0) is 91.1. The van der Waals surface area contributed by atoms with E-state index in [0.29, 0.717) is 91.7 Å². The first-order valence-electron chi connectivity index (χ1n) is 39.4. The molecule has 29 nitrogen and oxygen atoms in total. The van der Waals surface area contributed by atoms with Gasteiger partial charge in [0.2, 0.25) is 11.8 Å². The third-order valence-corrected chi connectivity index (χ3v) is 17.7. The molecule has 0 aliphatic heterocycles. The molecule has 13 rings (SSSR count). The van der Waals surface area contributed by atoms with Crippen LogP contribution in [0.3, 0.4) is 0 Å². The summed E-state index contributed by atoms with van der Waals surface area (Å²) in [5, 5.41) is 86.0. The number of nitrogens with two attached hydrogens (primary N) is 3. The van der Waals surface area contributed by atoms with Crippen molar-refractivity contribution in [1.29, 1.82) is 15.8 Å². The number of ether oxygens (including phenoxy) is 4. The number of imidazole rings is 1. The van der Waals surface area contributed by atoms with Gasteiger partial charge in [-0.25, -0.2) is 4.98 Å². The Hall–Kier alpha value is -14.3. The molecule has 0 spiro atoms. The summed E-state index contributed by atoms with van der Waals surface area (Å²) in [6.07, 6.45) is 3.38. The Morgan fingerprint density at radius 3 is 1.22 bits per heavy atom. The molecule has 0 saturated heterocycles. The monoisotopic (exact) mass is 1760 g/mol. The van der Waals surface area contributed by atoms with Crippen LogP contribution in [0.15, 0.2) is 255 Å². The number of nitrogen functional groups attached to an aromatic ring is 2. The van der Waals surface area contributed by atoms with Gasteiger partial charge in [0.15, 0.2) is 0 Å². The van der Waals surface area contributed by atoms with Crippen molar-refractivity contribution in [3.63, 3.8) is 0 Å². The standard InChI is InChI=1S/C22H22N4O2.C20H19N3O4.C20H21N3O2.C14H16N2O.C7H6FNO3.C6H15N.2C2H3N.CBrN/c1-15-7-10-21(28-14-16-5-3-2-4-6-16)19(24-15)12-26-20-11-17(13-27)8-9-18(20)25-22(26)23;24-13-16-8-9-19(23(25)26)17(11-16)22-12-18-20(7-4-10-21-18)27-14-15-5-2-1-3-6-15;21-17-9-8-16(13-24)11-18(17)23-12-19-20(7-4-10-22-19)25-14-15-5-2-1-3-6-15;1-11-7-8-14(13(9-15)16-11)17-10-12-5-3-2-4-6-12;8-6-3-5(4-10)1-2-7(6)9(11)12;1-4-7(5-2)6-3;2*1-2-3;2-1-3/h2-11,27H,12-14H2,1H3,(H2,23,25);1-11,22,24H,12-14H2;1-11,23-24H,12-14,21H2;2-8H,9-10,15H2,1H3;1-3,10H,4H2;4-6H2,1-3H3;2*1H3;. The van der Waals surface area contributed by atoms with Crippen LogP contribution in [0.1, 0.15) is 113 Å². The molecular formula is C94H105BrFN17O12. The number of fused-ring (bicyclic) bond motifs is 1. The van der Waals surface area contributed by atoms with E-state index in [9.17, 15) is 39.9 Å². The maximum Gasteiger partial charge on any atom is 0.304 e. The molecule has 0 aliphatic rings. The number of aryl methyl sites for hydroxylation is 2. The number of anilines is 4. The van der Waals surface area contributed by atoms with Gasteiger partial charge in [-0.1, -0.05) is 154 Å². The molecule has 0 saturated carbocycles. The Bertz CT molecular complexity index is 5480. The second kappa shape index (κ2) is 57.8. The number of benzene rings is 8. The van der Waals surface area contributed by atoms with Gasteiger partial charge < -0.3 is 76.7 Å². The average molecular weight is 1760 g/mol. The van der Waals surface area contributed by atoms with Crippen molar-refractivity contribution in [1.82, 2.24) is 34.4 Å². The zero-order valence-corrected chi connectivity index (χ0v) is 72.4. The van der Waals surface area contributed by atoms with Crippen LogP contribution < -0.4 is 46.8 Å². The lowest BCUT2D eigenvalue weighted by atomic mass is 10.1. The first-order chi connectivity index (χ1) is 60.6. The predicted molar refractivity (Wildman–Crippen MR) is 487 cm³/mol. The minimum absolute atomic E-state index is 0.0238. The lowest BCUT2D eigenvalue weighted by Gasteiger charge is -2.13. The summed E-state index contributed by atoms with van der Waals surface area (Å²) < 4.78 is 38.2. The maximum atomic E-state index is 12.7. The van der Waals surface area contributed by atoms with Gasteiger partial charge in [0, 0.05) is 72.2 Å². The minimum atomic E-state index is -0.924. The number of hydrogen-bond donors (Lipinski definition) is 9. The van der Waals surface area contributed by atoms with Gasteiger partial charge >= 0.3 is 5.69 Å². The summed E-state index contributed by atoms with van der Waals surface area (Å²) in [6.45, 7) is 19.8. The van der Waals surface area contributed by atoms with Crippen molar-refractivity contribution in [2.45, 2.75) is 128 Å². The molecule has 8 aromatic carbocycles. The number of pyridine rings is 4. The number of hydrogen-bond acceptors (Lipinski definition) is 26. The van der Waals surface area contributed by atoms with Gasteiger partial charge in [0.1, 0.15) is 77.2 Å².